The molecule has 0 radical (unpaired) electrons. The largest absolute Gasteiger partial charge is 0.427 e. The van der Waals surface area contributed by atoms with Gasteiger partial charge in [-0.25, -0.2) is 0 Å². The van der Waals surface area contributed by atoms with Crippen molar-refractivity contribution >= 4 is 5.97 Å². The van der Waals surface area contributed by atoms with Crippen molar-refractivity contribution in [3.8, 4) is 5.75 Å². The van der Waals surface area contributed by atoms with E-state index in [-0.39, 0.29) is 5.97 Å². The van der Waals surface area contributed by atoms with Gasteiger partial charge in [-0.15, -0.1) is 0 Å². The second-order valence-electron chi connectivity index (χ2n) is 14.9. The van der Waals surface area contributed by atoms with Crippen LogP contribution in [0.4, 0.5) is 0 Å². The first-order valence-corrected chi connectivity index (χ1v) is 21.6. The van der Waals surface area contributed by atoms with Crippen LogP contribution >= 0.6 is 0 Å². The number of rotatable bonds is 38. The molecule has 0 aliphatic carbocycles. The number of unbranched alkanes of at least 4 members (excludes halogenated alkanes) is 35. The van der Waals surface area contributed by atoms with Crippen molar-refractivity contribution in [2.45, 2.75) is 244 Å². The van der Waals surface area contributed by atoms with E-state index in [1.54, 1.807) is 0 Å². The van der Waals surface area contributed by atoms with Gasteiger partial charge in [0.2, 0.25) is 0 Å². The van der Waals surface area contributed by atoms with E-state index < -0.39 is 0 Å². The standard InChI is InChI=1S/C45H82O2/c1-2-3-4-5-6-7-8-9-10-11-12-13-14-15-16-17-18-19-20-21-22-23-24-25-26-27-28-29-30-31-32-33-34-35-36-40-43-45(46)47-44-41-38-37-39-42-44/h37-39,41-42H,2-36,40,43H2,1H3. The molecule has 2 nitrogen and oxygen atoms in total. The van der Waals surface area contributed by atoms with E-state index >= 15 is 0 Å². The topological polar surface area (TPSA) is 26.3 Å². The minimum Gasteiger partial charge on any atom is -0.427 e. The smallest absolute Gasteiger partial charge is 0.311 e. The molecule has 2 heteroatoms. The van der Waals surface area contributed by atoms with E-state index in [1.165, 1.54) is 218 Å². The number of esters is 1. The van der Waals surface area contributed by atoms with Gasteiger partial charge in [-0.2, -0.15) is 0 Å². The minimum absolute atomic E-state index is 0.0997. The van der Waals surface area contributed by atoms with Crippen molar-refractivity contribution in [2.24, 2.45) is 0 Å². The molecule has 1 aromatic carbocycles. The summed E-state index contributed by atoms with van der Waals surface area (Å²) in [5, 5.41) is 0. The van der Waals surface area contributed by atoms with Crippen molar-refractivity contribution < 1.29 is 9.53 Å². The lowest BCUT2D eigenvalue weighted by atomic mass is 10.0. The predicted molar refractivity (Wildman–Crippen MR) is 209 cm³/mol. The normalized spacial score (nSPS) is 11.3. The SMILES string of the molecule is CCCCCCCCCCCCCCCCCCCCCCCCCCCCCCCCCCCCCCC(=O)Oc1ccccc1. The molecule has 0 fully saturated rings. The molecule has 0 unspecified atom stereocenters. The van der Waals surface area contributed by atoms with Crippen LogP contribution in [-0.2, 0) is 4.79 Å². The lowest BCUT2D eigenvalue weighted by Gasteiger charge is -2.05. The van der Waals surface area contributed by atoms with E-state index in [0.717, 1.165) is 12.8 Å². The van der Waals surface area contributed by atoms with E-state index in [9.17, 15) is 4.79 Å². The second kappa shape index (κ2) is 37.5. The van der Waals surface area contributed by atoms with Crippen molar-refractivity contribution in [3.05, 3.63) is 30.3 Å². The highest BCUT2D eigenvalue weighted by Crippen LogP contribution is 2.18. The molecule has 0 saturated heterocycles. The summed E-state index contributed by atoms with van der Waals surface area (Å²) in [6.07, 6.45) is 51.9. The summed E-state index contributed by atoms with van der Waals surface area (Å²) in [7, 11) is 0. The van der Waals surface area contributed by atoms with E-state index in [1.807, 2.05) is 30.3 Å². The van der Waals surface area contributed by atoms with Crippen LogP contribution in [0.15, 0.2) is 30.3 Å². The molecule has 0 amide bonds. The molecular formula is C45H82O2. The van der Waals surface area contributed by atoms with Crippen molar-refractivity contribution in [1.82, 2.24) is 0 Å². The average Bonchev–Trinajstić information content (AvgIpc) is 3.08. The Morgan fingerprint density at radius 1 is 0.362 bits per heavy atom. The molecule has 0 spiro atoms. The first kappa shape index (κ1) is 43.7. The highest BCUT2D eigenvalue weighted by Gasteiger charge is 2.04. The Kier molecular flexibility index (Phi) is 34.9. The van der Waals surface area contributed by atoms with Crippen LogP contribution in [0.5, 0.6) is 5.75 Å². The number of hydrogen-bond acceptors (Lipinski definition) is 2. The molecule has 0 aliphatic heterocycles. The summed E-state index contributed by atoms with van der Waals surface area (Å²) in [5.41, 5.74) is 0. The molecule has 0 aromatic heterocycles. The van der Waals surface area contributed by atoms with Crippen molar-refractivity contribution in [2.75, 3.05) is 0 Å². The van der Waals surface area contributed by atoms with Gasteiger partial charge in [0.1, 0.15) is 5.75 Å². The minimum atomic E-state index is -0.0997. The van der Waals surface area contributed by atoms with Gasteiger partial charge in [-0.3, -0.25) is 4.79 Å². The van der Waals surface area contributed by atoms with Gasteiger partial charge in [0.15, 0.2) is 0 Å². The molecular weight excluding hydrogens is 572 g/mol. The predicted octanol–water partition coefficient (Wildman–Crippen LogP) is 16.0. The second-order valence-corrected chi connectivity index (χ2v) is 14.9. The molecule has 0 N–H and O–H groups in total. The third-order valence-electron chi connectivity index (χ3n) is 10.2. The van der Waals surface area contributed by atoms with Crippen LogP contribution in [0.25, 0.3) is 0 Å². The molecule has 0 aliphatic rings. The van der Waals surface area contributed by atoms with Crippen LogP contribution in [0, 0.1) is 0 Å². The zero-order chi connectivity index (χ0) is 33.6. The van der Waals surface area contributed by atoms with Gasteiger partial charge >= 0.3 is 5.97 Å². The van der Waals surface area contributed by atoms with Crippen LogP contribution in [0.3, 0.4) is 0 Å². The first-order valence-electron chi connectivity index (χ1n) is 21.6. The van der Waals surface area contributed by atoms with E-state index in [4.69, 9.17) is 4.74 Å². The molecule has 0 bridgehead atoms. The first-order chi connectivity index (χ1) is 23.3. The van der Waals surface area contributed by atoms with Gasteiger partial charge in [-0.05, 0) is 18.6 Å². The lowest BCUT2D eigenvalue weighted by Crippen LogP contribution is -2.07. The Labute approximate surface area is 295 Å². The highest BCUT2D eigenvalue weighted by atomic mass is 16.5. The fraction of sp³-hybridized carbons (Fsp3) is 0.844. The maximum absolute atomic E-state index is 11.9. The van der Waals surface area contributed by atoms with Gasteiger partial charge in [0.05, 0.1) is 0 Å². The molecule has 47 heavy (non-hydrogen) atoms. The number of hydrogen-bond donors (Lipinski definition) is 0. The summed E-state index contributed by atoms with van der Waals surface area (Å²) in [6, 6.07) is 9.40. The third kappa shape index (κ3) is 34.4. The van der Waals surface area contributed by atoms with Gasteiger partial charge in [0.25, 0.3) is 0 Å². The molecule has 0 atom stereocenters. The maximum Gasteiger partial charge on any atom is 0.311 e. The zero-order valence-corrected chi connectivity index (χ0v) is 31.9. The van der Waals surface area contributed by atoms with Crippen LogP contribution < -0.4 is 4.74 Å². The Bertz CT molecular complexity index is 729. The number of ether oxygens (including phenoxy) is 1. The summed E-state index contributed by atoms with van der Waals surface area (Å²) in [6.45, 7) is 2.31. The van der Waals surface area contributed by atoms with Gasteiger partial charge in [0, 0.05) is 6.42 Å². The fourth-order valence-corrected chi connectivity index (χ4v) is 7.02. The summed E-state index contributed by atoms with van der Waals surface area (Å²) < 4.78 is 5.35. The summed E-state index contributed by atoms with van der Waals surface area (Å²) in [5.74, 6) is 0.557. The quantitative estimate of drug-likeness (QED) is 0.0403. The fourth-order valence-electron chi connectivity index (χ4n) is 7.02. The number of benzene rings is 1. The molecule has 1 aromatic rings. The van der Waals surface area contributed by atoms with Crippen LogP contribution in [0.2, 0.25) is 0 Å². The monoisotopic (exact) mass is 655 g/mol. The molecule has 274 valence electrons. The number of para-hydroxylation sites is 1. The Balaban J connectivity index is 1.63. The van der Waals surface area contributed by atoms with Gasteiger partial charge < -0.3 is 4.74 Å². The third-order valence-corrected chi connectivity index (χ3v) is 10.2. The summed E-state index contributed by atoms with van der Waals surface area (Å²) >= 11 is 0. The average molecular weight is 655 g/mol. The highest BCUT2D eigenvalue weighted by molar-refractivity contribution is 5.72. The number of carbonyl (C=O) groups is 1. The van der Waals surface area contributed by atoms with E-state index in [2.05, 4.69) is 6.92 Å². The zero-order valence-electron chi connectivity index (χ0n) is 31.9. The Hall–Kier alpha value is -1.31. The molecule has 1 rings (SSSR count). The van der Waals surface area contributed by atoms with Crippen LogP contribution in [0.1, 0.15) is 244 Å². The lowest BCUT2D eigenvalue weighted by molar-refractivity contribution is -0.134. The van der Waals surface area contributed by atoms with E-state index in [0.29, 0.717) is 12.2 Å². The van der Waals surface area contributed by atoms with Crippen LogP contribution in [-0.4, -0.2) is 5.97 Å². The van der Waals surface area contributed by atoms with Crippen molar-refractivity contribution in [3.63, 3.8) is 0 Å². The number of carbonyl (C=O) groups excluding carboxylic acids is 1. The maximum atomic E-state index is 11.9. The molecule has 0 heterocycles. The summed E-state index contributed by atoms with van der Waals surface area (Å²) in [4.78, 5) is 11.9. The van der Waals surface area contributed by atoms with Crippen molar-refractivity contribution in [1.29, 1.82) is 0 Å². The Morgan fingerprint density at radius 2 is 0.596 bits per heavy atom. The molecule has 0 saturated carbocycles. The Morgan fingerprint density at radius 3 is 0.851 bits per heavy atom. The van der Waals surface area contributed by atoms with Gasteiger partial charge in [-0.1, -0.05) is 250 Å².